The summed E-state index contributed by atoms with van der Waals surface area (Å²) in [7, 11) is 0. The molecule has 2 aromatic rings. The first-order valence-corrected chi connectivity index (χ1v) is 6.57. The highest BCUT2D eigenvalue weighted by molar-refractivity contribution is 9.10. The Hall–Kier alpha value is -1.62. The van der Waals surface area contributed by atoms with E-state index in [1.54, 1.807) is 19.1 Å². The first-order valence-electron chi connectivity index (χ1n) is 5.78. The number of rotatable bonds is 2. The van der Waals surface area contributed by atoms with Gasteiger partial charge in [-0.1, -0.05) is 30.3 Å². The molecule has 2 rings (SSSR count). The van der Waals surface area contributed by atoms with E-state index in [0.717, 1.165) is 11.6 Å². The summed E-state index contributed by atoms with van der Waals surface area (Å²) in [5.41, 5.74) is -0.244. The number of alkyl halides is 3. The van der Waals surface area contributed by atoms with Crippen LogP contribution in [0.2, 0.25) is 0 Å². The molecule has 0 aliphatic rings. The van der Waals surface area contributed by atoms with Gasteiger partial charge in [0.05, 0.1) is 5.56 Å². The van der Waals surface area contributed by atoms with Crippen LogP contribution in [0.25, 0.3) is 0 Å². The summed E-state index contributed by atoms with van der Waals surface area (Å²) >= 11 is 3.25. The van der Waals surface area contributed by atoms with Crippen LogP contribution in [-0.4, -0.2) is 5.78 Å². The highest BCUT2D eigenvalue weighted by Crippen LogP contribution is 2.34. The molecule has 0 atom stereocenters. The summed E-state index contributed by atoms with van der Waals surface area (Å²) in [6, 6.07) is 9.72. The highest BCUT2D eigenvalue weighted by Gasteiger charge is 2.35. The average Bonchev–Trinajstić information content (AvgIpc) is 2.40. The van der Waals surface area contributed by atoms with Crippen molar-refractivity contribution in [2.45, 2.75) is 13.1 Å². The molecular weight excluding hydrogens is 333 g/mol. The zero-order valence-corrected chi connectivity index (χ0v) is 12.0. The molecular formula is C15H10BrF3O. The van der Waals surface area contributed by atoms with E-state index in [1.807, 2.05) is 0 Å². The van der Waals surface area contributed by atoms with Gasteiger partial charge in [-0.3, -0.25) is 4.79 Å². The standard InChI is InChI=1S/C15H10BrF3O/c1-9-5-4-7-11(13(9)16)14(20)10-6-2-3-8-12(10)15(17,18)19/h2-8H,1H3. The van der Waals surface area contributed by atoms with Gasteiger partial charge in [0, 0.05) is 15.6 Å². The third kappa shape index (κ3) is 2.77. The van der Waals surface area contributed by atoms with E-state index in [9.17, 15) is 18.0 Å². The monoisotopic (exact) mass is 342 g/mol. The fraction of sp³-hybridized carbons (Fsp3) is 0.133. The van der Waals surface area contributed by atoms with Crippen LogP contribution in [0.1, 0.15) is 27.0 Å². The third-order valence-electron chi connectivity index (χ3n) is 2.91. The van der Waals surface area contributed by atoms with Crippen LogP contribution in [0.4, 0.5) is 13.2 Å². The lowest BCUT2D eigenvalue weighted by molar-refractivity contribution is -0.137. The fourth-order valence-corrected chi connectivity index (χ4v) is 2.34. The minimum absolute atomic E-state index is 0.224. The molecule has 1 nitrogen and oxygen atoms in total. The van der Waals surface area contributed by atoms with Crippen LogP contribution < -0.4 is 0 Å². The molecule has 5 heteroatoms. The second kappa shape index (κ2) is 5.40. The van der Waals surface area contributed by atoms with Crippen molar-refractivity contribution in [3.8, 4) is 0 Å². The van der Waals surface area contributed by atoms with E-state index in [1.165, 1.54) is 24.3 Å². The van der Waals surface area contributed by atoms with Crippen molar-refractivity contribution in [2.75, 3.05) is 0 Å². The maximum absolute atomic E-state index is 12.9. The van der Waals surface area contributed by atoms with Crippen molar-refractivity contribution < 1.29 is 18.0 Å². The summed E-state index contributed by atoms with van der Waals surface area (Å²) in [5.74, 6) is -0.645. The lowest BCUT2D eigenvalue weighted by atomic mass is 9.97. The number of hydrogen-bond donors (Lipinski definition) is 0. The maximum Gasteiger partial charge on any atom is 0.417 e. The second-order valence-corrected chi connectivity index (χ2v) is 5.10. The van der Waals surface area contributed by atoms with Gasteiger partial charge in [0.15, 0.2) is 5.78 Å². The van der Waals surface area contributed by atoms with Crippen molar-refractivity contribution in [2.24, 2.45) is 0 Å². The van der Waals surface area contributed by atoms with Gasteiger partial charge in [-0.05, 0) is 40.5 Å². The Bertz CT molecular complexity index is 662. The van der Waals surface area contributed by atoms with E-state index >= 15 is 0 Å². The third-order valence-corrected chi connectivity index (χ3v) is 3.97. The van der Waals surface area contributed by atoms with Crippen molar-refractivity contribution in [3.05, 3.63) is 69.2 Å². The molecule has 0 unspecified atom stereocenters. The summed E-state index contributed by atoms with van der Waals surface area (Å²) in [4.78, 5) is 12.4. The van der Waals surface area contributed by atoms with Gasteiger partial charge in [-0.25, -0.2) is 0 Å². The van der Waals surface area contributed by atoms with Gasteiger partial charge in [0.25, 0.3) is 0 Å². The molecule has 0 aliphatic carbocycles. The minimum atomic E-state index is -4.55. The van der Waals surface area contributed by atoms with Gasteiger partial charge in [0.1, 0.15) is 0 Å². The summed E-state index contributed by atoms with van der Waals surface area (Å²) in [6.07, 6.45) is -4.55. The molecule has 0 aliphatic heterocycles. The van der Waals surface area contributed by atoms with E-state index in [2.05, 4.69) is 15.9 Å². The number of carbonyl (C=O) groups is 1. The van der Waals surface area contributed by atoms with Crippen molar-refractivity contribution in [1.82, 2.24) is 0 Å². The SMILES string of the molecule is Cc1cccc(C(=O)c2ccccc2C(F)(F)F)c1Br. The van der Waals surface area contributed by atoms with Crippen molar-refractivity contribution in [1.29, 1.82) is 0 Å². The second-order valence-electron chi connectivity index (χ2n) is 4.31. The molecule has 0 amide bonds. The number of halogens is 4. The Morgan fingerprint density at radius 1 is 1.00 bits per heavy atom. The number of hydrogen-bond acceptors (Lipinski definition) is 1. The lowest BCUT2D eigenvalue weighted by Gasteiger charge is -2.13. The minimum Gasteiger partial charge on any atom is -0.289 e. The zero-order valence-electron chi connectivity index (χ0n) is 10.5. The summed E-state index contributed by atoms with van der Waals surface area (Å²) < 4.78 is 39.3. The van der Waals surface area contributed by atoms with Gasteiger partial charge in [-0.15, -0.1) is 0 Å². The molecule has 0 saturated carbocycles. The predicted molar refractivity (Wildman–Crippen MR) is 73.8 cm³/mol. The topological polar surface area (TPSA) is 17.1 Å². The predicted octanol–water partition coefficient (Wildman–Crippen LogP) is 5.01. The van der Waals surface area contributed by atoms with Crippen molar-refractivity contribution >= 4 is 21.7 Å². The first-order chi connectivity index (χ1) is 9.32. The molecule has 0 saturated heterocycles. The van der Waals surface area contributed by atoms with E-state index in [0.29, 0.717) is 4.47 Å². The van der Waals surface area contributed by atoms with Crippen LogP contribution in [0.5, 0.6) is 0 Å². The van der Waals surface area contributed by atoms with Crippen LogP contribution >= 0.6 is 15.9 Å². The van der Waals surface area contributed by atoms with Gasteiger partial charge >= 0.3 is 6.18 Å². The van der Waals surface area contributed by atoms with E-state index < -0.39 is 17.5 Å². The number of carbonyl (C=O) groups excluding carboxylic acids is 1. The average molecular weight is 343 g/mol. The molecule has 2 aromatic carbocycles. The van der Waals surface area contributed by atoms with E-state index in [-0.39, 0.29) is 11.1 Å². The molecule has 20 heavy (non-hydrogen) atoms. The quantitative estimate of drug-likeness (QED) is 0.701. The molecule has 0 spiro atoms. The normalized spacial score (nSPS) is 11.4. The van der Waals surface area contributed by atoms with Gasteiger partial charge < -0.3 is 0 Å². The molecule has 0 N–H and O–H groups in total. The smallest absolute Gasteiger partial charge is 0.289 e. The summed E-state index contributed by atoms with van der Waals surface area (Å²) in [6.45, 7) is 1.77. The molecule has 0 bridgehead atoms. The van der Waals surface area contributed by atoms with Crippen LogP contribution in [0, 0.1) is 6.92 Å². The Balaban J connectivity index is 2.58. The van der Waals surface area contributed by atoms with Gasteiger partial charge in [0.2, 0.25) is 0 Å². The van der Waals surface area contributed by atoms with Crippen molar-refractivity contribution in [3.63, 3.8) is 0 Å². The maximum atomic E-state index is 12.9. The van der Waals surface area contributed by atoms with E-state index in [4.69, 9.17) is 0 Å². The Kier molecular flexibility index (Phi) is 3.99. The first kappa shape index (κ1) is 14.8. The van der Waals surface area contributed by atoms with Gasteiger partial charge in [-0.2, -0.15) is 13.2 Å². The molecule has 0 fully saturated rings. The molecule has 0 aromatic heterocycles. The Morgan fingerprint density at radius 3 is 2.25 bits per heavy atom. The largest absolute Gasteiger partial charge is 0.417 e. The number of aryl methyl sites for hydroxylation is 1. The lowest BCUT2D eigenvalue weighted by Crippen LogP contribution is -2.14. The van der Waals surface area contributed by atoms with Crippen LogP contribution in [0.15, 0.2) is 46.9 Å². The number of ketones is 1. The Morgan fingerprint density at radius 2 is 1.60 bits per heavy atom. The molecule has 0 heterocycles. The molecule has 0 radical (unpaired) electrons. The van der Waals surface area contributed by atoms with Crippen LogP contribution in [-0.2, 0) is 6.18 Å². The zero-order chi connectivity index (χ0) is 14.9. The number of benzene rings is 2. The fourth-order valence-electron chi connectivity index (χ4n) is 1.90. The summed E-state index contributed by atoms with van der Waals surface area (Å²) in [5, 5.41) is 0. The van der Waals surface area contributed by atoms with Crippen LogP contribution in [0.3, 0.4) is 0 Å². The Labute approximate surface area is 122 Å². The molecule has 104 valence electrons. The highest BCUT2D eigenvalue weighted by atomic mass is 79.9.